The number of nitrogen functional groups attached to an aromatic ring is 2. The van der Waals surface area contributed by atoms with Crippen LogP contribution in [0.3, 0.4) is 0 Å². The minimum absolute atomic E-state index is 0.249. The molecule has 0 heterocycles. The Morgan fingerprint density at radius 3 is 1.29 bits per heavy atom. The smallest absolute Gasteiger partial charge is 0.196 e. The fraction of sp³-hybridized carbons (Fsp3) is 0.111. The molecule has 42 heavy (non-hydrogen) atoms. The molecule has 0 saturated carbocycles. The van der Waals surface area contributed by atoms with Crippen molar-refractivity contribution in [3.63, 3.8) is 0 Å². The zero-order chi connectivity index (χ0) is 30.0. The predicted molar refractivity (Wildman–Crippen MR) is 167 cm³/mol. The van der Waals surface area contributed by atoms with E-state index in [9.17, 15) is 9.59 Å². The van der Waals surface area contributed by atoms with Crippen molar-refractivity contribution >= 4 is 22.9 Å². The highest BCUT2D eigenvalue weighted by Gasteiger charge is 2.22. The minimum Gasteiger partial charge on any atom is -0.456 e. The van der Waals surface area contributed by atoms with E-state index in [1.807, 2.05) is 39.8 Å². The van der Waals surface area contributed by atoms with E-state index in [2.05, 4.69) is 0 Å². The van der Waals surface area contributed by atoms with Gasteiger partial charge in [-0.15, -0.1) is 0 Å². The van der Waals surface area contributed by atoms with Gasteiger partial charge >= 0.3 is 0 Å². The lowest BCUT2D eigenvalue weighted by Gasteiger charge is -2.16. The summed E-state index contributed by atoms with van der Waals surface area (Å²) in [6, 6.07) is 28.3. The van der Waals surface area contributed by atoms with Crippen molar-refractivity contribution in [3.8, 4) is 23.0 Å². The van der Waals surface area contributed by atoms with Crippen molar-refractivity contribution in [3.05, 3.63) is 142 Å². The van der Waals surface area contributed by atoms with Gasteiger partial charge in [-0.1, -0.05) is 30.3 Å². The first-order valence-corrected chi connectivity index (χ1v) is 13.6. The van der Waals surface area contributed by atoms with E-state index in [-0.39, 0.29) is 11.6 Å². The maximum Gasteiger partial charge on any atom is 0.196 e. The summed E-state index contributed by atoms with van der Waals surface area (Å²) in [6.07, 6.45) is 0. The van der Waals surface area contributed by atoms with Gasteiger partial charge in [-0.25, -0.2) is 0 Å². The van der Waals surface area contributed by atoms with E-state index in [4.69, 9.17) is 20.9 Å². The van der Waals surface area contributed by atoms with Crippen molar-refractivity contribution < 1.29 is 19.1 Å². The molecular weight excluding hydrogens is 524 g/mol. The summed E-state index contributed by atoms with van der Waals surface area (Å²) >= 11 is 0. The second kappa shape index (κ2) is 11.6. The summed E-state index contributed by atoms with van der Waals surface area (Å²) in [6.45, 7) is 7.66. The van der Waals surface area contributed by atoms with Crippen LogP contribution in [0.25, 0.3) is 0 Å². The van der Waals surface area contributed by atoms with Gasteiger partial charge in [0.1, 0.15) is 23.0 Å². The third kappa shape index (κ3) is 6.03. The number of carbonyl (C=O) groups is 2. The number of rotatable bonds is 8. The lowest BCUT2D eigenvalue weighted by molar-refractivity contribution is 0.103. The molecule has 0 spiro atoms. The second-order valence-electron chi connectivity index (χ2n) is 10.5. The molecule has 5 aromatic rings. The van der Waals surface area contributed by atoms with Crippen LogP contribution in [0.5, 0.6) is 23.0 Å². The fourth-order valence-corrected chi connectivity index (χ4v) is 4.94. The van der Waals surface area contributed by atoms with Crippen molar-refractivity contribution in [2.24, 2.45) is 0 Å². The van der Waals surface area contributed by atoms with Gasteiger partial charge in [0, 0.05) is 22.5 Å². The molecule has 0 unspecified atom stereocenters. The number of ether oxygens (including phenoxy) is 2. The topological polar surface area (TPSA) is 105 Å². The van der Waals surface area contributed by atoms with E-state index >= 15 is 0 Å². The number of benzene rings is 5. The highest BCUT2D eigenvalue weighted by Crippen LogP contribution is 2.34. The second-order valence-corrected chi connectivity index (χ2v) is 10.5. The molecule has 6 heteroatoms. The van der Waals surface area contributed by atoms with E-state index in [1.165, 1.54) is 0 Å². The first-order valence-electron chi connectivity index (χ1n) is 13.6. The van der Waals surface area contributed by atoms with Crippen molar-refractivity contribution in [2.75, 3.05) is 11.5 Å². The van der Waals surface area contributed by atoms with Crippen LogP contribution in [-0.2, 0) is 0 Å². The highest BCUT2D eigenvalue weighted by molar-refractivity contribution is 6.15. The van der Waals surface area contributed by atoms with E-state index in [0.717, 1.165) is 22.3 Å². The normalized spacial score (nSPS) is 10.8. The Morgan fingerprint density at radius 2 is 0.905 bits per heavy atom. The maximum atomic E-state index is 13.9. The van der Waals surface area contributed by atoms with Crippen LogP contribution in [0.1, 0.15) is 54.1 Å². The Labute approximate surface area is 245 Å². The molecule has 0 amide bonds. The first kappa shape index (κ1) is 28.2. The molecule has 0 radical (unpaired) electrons. The van der Waals surface area contributed by atoms with Crippen LogP contribution in [0.4, 0.5) is 11.4 Å². The number of hydrogen-bond acceptors (Lipinski definition) is 6. The lowest BCUT2D eigenvalue weighted by atomic mass is 9.93. The van der Waals surface area contributed by atoms with Gasteiger partial charge in [0.05, 0.1) is 11.1 Å². The average molecular weight is 557 g/mol. The van der Waals surface area contributed by atoms with Gasteiger partial charge in [0.2, 0.25) is 0 Å². The molecule has 5 aromatic carbocycles. The van der Waals surface area contributed by atoms with E-state index < -0.39 is 0 Å². The lowest BCUT2D eigenvalue weighted by Crippen LogP contribution is -2.09. The molecule has 0 aliphatic heterocycles. The van der Waals surface area contributed by atoms with E-state index in [1.54, 1.807) is 84.9 Å². The Balaban J connectivity index is 1.51. The van der Waals surface area contributed by atoms with Gasteiger partial charge < -0.3 is 20.9 Å². The Morgan fingerprint density at radius 1 is 0.524 bits per heavy atom. The van der Waals surface area contributed by atoms with Crippen LogP contribution in [-0.4, -0.2) is 11.6 Å². The molecule has 0 saturated heterocycles. The molecular formula is C36H32N2O4. The summed E-state index contributed by atoms with van der Waals surface area (Å²) in [7, 11) is 0. The van der Waals surface area contributed by atoms with Crippen molar-refractivity contribution in [1.29, 1.82) is 0 Å². The van der Waals surface area contributed by atoms with Crippen LogP contribution >= 0.6 is 0 Å². The van der Waals surface area contributed by atoms with Crippen LogP contribution < -0.4 is 20.9 Å². The van der Waals surface area contributed by atoms with Gasteiger partial charge in [-0.2, -0.15) is 0 Å². The van der Waals surface area contributed by atoms with Gasteiger partial charge in [-0.3, -0.25) is 9.59 Å². The molecule has 0 bridgehead atoms. The van der Waals surface area contributed by atoms with Crippen LogP contribution in [0, 0.1) is 27.7 Å². The van der Waals surface area contributed by atoms with Crippen LogP contribution in [0.2, 0.25) is 0 Å². The molecule has 0 fully saturated rings. The summed E-state index contributed by atoms with van der Waals surface area (Å²) in [4.78, 5) is 27.8. The molecule has 0 aromatic heterocycles. The summed E-state index contributed by atoms with van der Waals surface area (Å²) < 4.78 is 12.4. The number of hydrogen-bond donors (Lipinski definition) is 2. The molecule has 6 nitrogen and oxygen atoms in total. The van der Waals surface area contributed by atoms with E-state index in [0.29, 0.717) is 56.6 Å². The molecule has 5 rings (SSSR count). The predicted octanol–water partition coefficient (Wildman–Crippen LogP) is 8.13. The minimum atomic E-state index is -0.249. The summed E-state index contributed by atoms with van der Waals surface area (Å²) in [5.74, 6) is 1.55. The summed E-state index contributed by atoms with van der Waals surface area (Å²) in [5.41, 5.74) is 17.9. The third-order valence-electron chi connectivity index (χ3n) is 6.91. The van der Waals surface area contributed by atoms with Gasteiger partial charge in [0.25, 0.3) is 0 Å². The third-order valence-corrected chi connectivity index (χ3v) is 6.91. The molecule has 210 valence electrons. The first-order chi connectivity index (χ1) is 20.1. The zero-order valence-electron chi connectivity index (χ0n) is 24.0. The van der Waals surface area contributed by atoms with Gasteiger partial charge in [-0.05, 0) is 117 Å². The quantitative estimate of drug-likeness (QED) is 0.148. The summed E-state index contributed by atoms with van der Waals surface area (Å²) in [5, 5.41) is 0. The largest absolute Gasteiger partial charge is 0.456 e. The average Bonchev–Trinajstić information content (AvgIpc) is 2.97. The zero-order valence-corrected chi connectivity index (χ0v) is 24.0. The molecule has 4 N–H and O–H groups in total. The Kier molecular flexibility index (Phi) is 7.80. The highest BCUT2D eigenvalue weighted by atomic mass is 16.5. The number of anilines is 2. The molecule has 0 atom stereocenters. The SMILES string of the molecule is Cc1cc(C)c(Oc2ccc(N)cc2)c(C(=O)c2cccc(C(=O)c3cc(C)cc(C)c3Oc3ccc(N)cc3)c2)c1. The van der Waals surface area contributed by atoms with Crippen LogP contribution in [0.15, 0.2) is 97.1 Å². The molecule has 0 aliphatic carbocycles. The number of carbonyl (C=O) groups excluding carboxylic acids is 2. The van der Waals surface area contributed by atoms with Crippen molar-refractivity contribution in [1.82, 2.24) is 0 Å². The van der Waals surface area contributed by atoms with Gasteiger partial charge in [0.15, 0.2) is 11.6 Å². The Bertz CT molecular complexity index is 1680. The maximum absolute atomic E-state index is 13.9. The number of nitrogens with two attached hydrogens (primary N) is 2. The fourth-order valence-electron chi connectivity index (χ4n) is 4.94. The standard InChI is InChI=1S/C36H32N2O4/c1-21-16-23(3)35(41-29-12-8-27(37)9-13-29)31(18-21)33(39)25-6-5-7-26(20-25)34(40)32-19-22(2)17-24(4)36(32)42-30-14-10-28(38)11-15-30/h5-20H,37-38H2,1-4H3. The number of ketones is 2. The monoisotopic (exact) mass is 556 g/mol. The van der Waals surface area contributed by atoms with Crippen molar-refractivity contribution in [2.45, 2.75) is 27.7 Å². The Hall–Kier alpha value is -5.36. The number of aryl methyl sites for hydroxylation is 4. The molecule has 0 aliphatic rings.